The van der Waals surface area contributed by atoms with E-state index >= 15 is 0 Å². The molecule has 0 saturated carbocycles. The molecule has 10 nitrogen and oxygen atoms in total. The van der Waals surface area contributed by atoms with Crippen LogP contribution < -0.4 is 16.0 Å². The van der Waals surface area contributed by atoms with Crippen LogP contribution in [0.5, 0.6) is 0 Å². The van der Waals surface area contributed by atoms with Gasteiger partial charge in [-0.15, -0.1) is 0 Å². The van der Waals surface area contributed by atoms with Crippen molar-refractivity contribution in [2.75, 3.05) is 25.0 Å². The zero-order valence-electron chi connectivity index (χ0n) is 18.3. The fourth-order valence-corrected chi connectivity index (χ4v) is 4.20. The Bertz CT molecular complexity index is 1020. The number of nitrogens with one attached hydrogen (secondary N) is 3. The van der Waals surface area contributed by atoms with Gasteiger partial charge in [0, 0.05) is 32.0 Å². The van der Waals surface area contributed by atoms with Crippen LogP contribution in [0.15, 0.2) is 36.7 Å². The minimum atomic E-state index is -1.03. The molecule has 0 aliphatic carbocycles. The lowest BCUT2D eigenvalue weighted by atomic mass is 10.1. The molecule has 1 fully saturated rings. The summed E-state index contributed by atoms with van der Waals surface area (Å²) in [6.07, 6.45) is 5.56. The van der Waals surface area contributed by atoms with E-state index in [1.807, 2.05) is 6.07 Å². The van der Waals surface area contributed by atoms with Crippen LogP contribution in [0.3, 0.4) is 0 Å². The fraction of sp³-hybridized carbons (Fsp3) is 0.435. The highest BCUT2D eigenvalue weighted by atomic mass is 16.4. The summed E-state index contributed by atoms with van der Waals surface area (Å²) in [5.41, 5.74) is 2.68. The Kier molecular flexibility index (Phi) is 7.13. The summed E-state index contributed by atoms with van der Waals surface area (Å²) in [7, 11) is 0. The second-order valence-electron chi connectivity index (χ2n) is 8.33. The molecule has 2 aromatic heterocycles. The van der Waals surface area contributed by atoms with Crippen molar-refractivity contribution in [3.63, 3.8) is 0 Å². The topological polar surface area (TPSA) is 137 Å². The number of carboxylic acid groups (broad SMARTS) is 1. The Morgan fingerprint density at radius 1 is 1.30 bits per heavy atom. The Balaban J connectivity index is 1.29. The molecule has 4 N–H and O–H groups in total. The van der Waals surface area contributed by atoms with Crippen LogP contribution in [-0.2, 0) is 27.3 Å². The summed E-state index contributed by atoms with van der Waals surface area (Å²) in [4.78, 5) is 46.7. The number of rotatable bonds is 9. The first-order chi connectivity index (χ1) is 16.0. The number of nitrogens with zero attached hydrogens (tertiary/aromatic N) is 3. The lowest BCUT2D eigenvalue weighted by Crippen LogP contribution is -2.43. The highest BCUT2D eigenvalue weighted by Crippen LogP contribution is 2.20. The maximum atomic E-state index is 12.8. The van der Waals surface area contributed by atoms with Gasteiger partial charge >= 0.3 is 5.97 Å². The number of fused-ring (bicyclic) bond motifs is 1. The van der Waals surface area contributed by atoms with E-state index < -0.39 is 17.9 Å². The summed E-state index contributed by atoms with van der Waals surface area (Å²) in [6, 6.07) is 6.37. The maximum absolute atomic E-state index is 12.8. The van der Waals surface area contributed by atoms with Gasteiger partial charge < -0.3 is 26.0 Å². The number of carboxylic acids is 1. The molecule has 174 valence electrons. The van der Waals surface area contributed by atoms with E-state index in [0.717, 1.165) is 30.9 Å². The van der Waals surface area contributed by atoms with Crippen LogP contribution in [0, 0.1) is 0 Å². The molecule has 10 heteroatoms. The van der Waals surface area contributed by atoms with Crippen molar-refractivity contribution in [3.05, 3.63) is 53.5 Å². The van der Waals surface area contributed by atoms with Crippen molar-refractivity contribution in [3.8, 4) is 0 Å². The fourth-order valence-electron chi connectivity index (χ4n) is 4.20. The van der Waals surface area contributed by atoms with Gasteiger partial charge in [-0.1, -0.05) is 12.1 Å². The van der Waals surface area contributed by atoms with Gasteiger partial charge in [0.2, 0.25) is 11.8 Å². The molecule has 2 aliphatic heterocycles. The van der Waals surface area contributed by atoms with Crippen LogP contribution in [0.2, 0.25) is 0 Å². The van der Waals surface area contributed by atoms with E-state index in [2.05, 4.69) is 32.0 Å². The van der Waals surface area contributed by atoms with Gasteiger partial charge in [-0.05, 0) is 42.5 Å². The maximum Gasteiger partial charge on any atom is 0.305 e. The zero-order chi connectivity index (χ0) is 23.2. The van der Waals surface area contributed by atoms with Crippen LogP contribution >= 0.6 is 0 Å². The predicted molar refractivity (Wildman–Crippen MR) is 120 cm³/mol. The molecule has 0 spiro atoms. The molecule has 1 unspecified atom stereocenters. The third-order valence-electron chi connectivity index (χ3n) is 5.91. The monoisotopic (exact) mass is 452 g/mol. The first-order valence-corrected chi connectivity index (χ1v) is 11.2. The van der Waals surface area contributed by atoms with Crippen molar-refractivity contribution in [2.45, 2.75) is 44.3 Å². The van der Waals surface area contributed by atoms with Crippen molar-refractivity contribution in [2.24, 2.45) is 0 Å². The average molecular weight is 453 g/mol. The quantitative estimate of drug-likeness (QED) is 0.440. The number of hydrogen-bond acceptors (Lipinski definition) is 7. The first kappa shape index (κ1) is 22.7. The molecule has 4 rings (SSSR count). The number of aliphatic carboxylic acids is 1. The molecule has 2 aliphatic rings. The number of amides is 2. The third kappa shape index (κ3) is 5.83. The summed E-state index contributed by atoms with van der Waals surface area (Å²) in [6.45, 7) is 1.73. The lowest BCUT2D eigenvalue weighted by molar-refractivity contribution is -0.138. The standard InChI is InChI=1S/C23H28N6O4/c30-20(28-19(11-21(31)32)16-4-1-8-24-12-16)14-29-10-7-18(23(29)33)26-13-17-6-5-15-3-2-9-25-22(15)27-17/h1,4-6,8,12,18-19,26H,2-3,7,9-11,13-14H2,(H,25,27)(H,28,30)(H,31,32)/t18?,19-/m0/s1. The molecule has 0 aromatic carbocycles. The van der Waals surface area contributed by atoms with E-state index in [4.69, 9.17) is 0 Å². The van der Waals surface area contributed by atoms with Crippen molar-refractivity contribution < 1.29 is 19.5 Å². The lowest BCUT2D eigenvalue weighted by Gasteiger charge is -2.21. The van der Waals surface area contributed by atoms with E-state index in [9.17, 15) is 19.5 Å². The summed E-state index contributed by atoms with van der Waals surface area (Å²) >= 11 is 0. The molecule has 4 heterocycles. The number of aromatic nitrogens is 2. The second-order valence-corrected chi connectivity index (χ2v) is 8.33. The second kappa shape index (κ2) is 10.4. The number of pyridine rings is 2. The molecule has 33 heavy (non-hydrogen) atoms. The Morgan fingerprint density at radius 3 is 2.97 bits per heavy atom. The Morgan fingerprint density at radius 2 is 2.18 bits per heavy atom. The normalized spacial score (nSPS) is 18.4. The minimum absolute atomic E-state index is 0.117. The molecule has 2 atom stereocenters. The third-order valence-corrected chi connectivity index (χ3v) is 5.91. The van der Waals surface area contributed by atoms with Gasteiger partial charge in [0.1, 0.15) is 5.82 Å². The smallest absolute Gasteiger partial charge is 0.305 e. The molecule has 0 radical (unpaired) electrons. The summed E-state index contributed by atoms with van der Waals surface area (Å²) < 4.78 is 0. The number of carbonyl (C=O) groups is 3. The van der Waals surface area contributed by atoms with E-state index in [0.29, 0.717) is 25.1 Å². The van der Waals surface area contributed by atoms with Crippen molar-refractivity contribution >= 4 is 23.6 Å². The number of aryl methyl sites for hydroxylation is 1. The SMILES string of the molecule is O=C(O)C[C@H](NC(=O)CN1CCC(NCc2ccc3c(n2)NCCC3)C1=O)c1cccnc1. The van der Waals surface area contributed by atoms with Gasteiger partial charge in [0.15, 0.2) is 0 Å². The van der Waals surface area contributed by atoms with Crippen molar-refractivity contribution in [1.82, 2.24) is 25.5 Å². The van der Waals surface area contributed by atoms with Gasteiger partial charge in [-0.25, -0.2) is 4.98 Å². The number of hydrogen-bond donors (Lipinski definition) is 4. The largest absolute Gasteiger partial charge is 0.481 e. The highest BCUT2D eigenvalue weighted by molar-refractivity contribution is 5.89. The molecule has 2 aromatic rings. The van der Waals surface area contributed by atoms with Crippen LogP contribution in [0.25, 0.3) is 0 Å². The summed E-state index contributed by atoms with van der Waals surface area (Å²) in [5.74, 6) is -0.656. The Hall–Kier alpha value is -3.53. The average Bonchev–Trinajstić information content (AvgIpc) is 3.16. The van der Waals surface area contributed by atoms with Crippen LogP contribution in [0.1, 0.15) is 42.1 Å². The first-order valence-electron chi connectivity index (χ1n) is 11.2. The minimum Gasteiger partial charge on any atom is -0.481 e. The molecule has 0 bridgehead atoms. The van der Waals surface area contributed by atoms with Gasteiger partial charge in [0.25, 0.3) is 0 Å². The number of carbonyl (C=O) groups excluding carboxylic acids is 2. The number of anilines is 1. The van der Waals surface area contributed by atoms with Crippen LogP contribution in [-0.4, -0.2) is 63.4 Å². The Labute approximate surface area is 191 Å². The number of likely N-dealkylation sites (tertiary alicyclic amines) is 1. The van der Waals surface area contributed by atoms with Gasteiger partial charge in [0.05, 0.1) is 30.7 Å². The zero-order valence-corrected chi connectivity index (χ0v) is 18.3. The summed E-state index contributed by atoms with van der Waals surface area (Å²) in [5, 5.41) is 18.5. The van der Waals surface area contributed by atoms with Gasteiger partial charge in [-0.2, -0.15) is 0 Å². The molecule has 2 amide bonds. The highest BCUT2D eigenvalue weighted by Gasteiger charge is 2.33. The van der Waals surface area contributed by atoms with Crippen LogP contribution in [0.4, 0.5) is 5.82 Å². The molecular weight excluding hydrogens is 424 g/mol. The van der Waals surface area contributed by atoms with E-state index in [-0.39, 0.29) is 24.9 Å². The van der Waals surface area contributed by atoms with E-state index in [1.54, 1.807) is 18.3 Å². The predicted octanol–water partition coefficient (Wildman–Crippen LogP) is 0.857. The van der Waals surface area contributed by atoms with E-state index in [1.165, 1.54) is 16.7 Å². The molecule has 1 saturated heterocycles. The van der Waals surface area contributed by atoms with Gasteiger partial charge in [-0.3, -0.25) is 19.4 Å². The molecular formula is C23H28N6O4. The van der Waals surface area contributed by atoms with Crippen molar-refractivity contribution in [1.29, 1.82) is 0 Å².